The minimum Gasteiger partial charge on any atom is -0.308 e. The van der Waals surface area contributed by atoms with Gasteiger partial charge in [0, 0.05) is 24.3 Å². The first-order chi connectivity index (χ1) is 12.4. The first-order valence-corrected chi connectivity index (χ1v) is 8.41. The fourth-order valence-corrected chi connectivity index (χ4v) is 3.42. The first-order valence-electron chi connectivity index (χ1n) is 8.41. The summed E-state index contributed by atoms with van der Waals surface area (Å²) < 4.78 is 14.3. The molecule has 0 saturated heterocycles. The molecular weight excluding hydrogens is 337 g/mol. The van der Waals surface area contributed by atoms with Gasteiger partial charge in [0.15, 0.2) is 0 Å². The zero-order valence-electron chi connectivity index (χ0n) is 14.7. The number of anilines is 1. The Morgan fingerprint density at radius 1 is 1.27 bits per heavy atom. The van der Waals surface area contributed by atoms with Crippen molar-refractivity contribution in [1.29, 1.82) is 0 Å². The second kappa shape index (κ2) is 7.21. The van der Waals surface area contributed by atoms with Crippen LogP contribution in [0.15, 0.2) is 42.5 Å². The minimum absolute atomic E-state index is 0.159. The molecule has 0 N–H and O–H groups in total. The number of carbonyl (C=O) groups excluding carboxylic acids is 1. The highest BCUT2D eigenvalue weighted by Crippen LogP contribution is 2.36. The molecule has 0 aliphatic carbocycles. The monoisotopic (exact) mass is 357 g/mol. The zero-order chi connectivity index (χ0) is 18.8. The van der Waals surface area contributed by atoms with Gasteiger partial charge in [-0.3, -0.25) is 14.9 Å². The molecule has 6 nitrogen and oxygen atoms in total. The molecule has 136 valence electrons. The second-order valence-corrected chi connectivity index (χ2v) is 6.56. The number of nitro groups is 1. The van der Waals surface area contributed by atoms with Crippen molar-refractivity contribution in [2.45, 2.75) is 18.9 Å². The number of nitrogens with zero attached hydrogens (tertiary/aromatic N) is 3. The Kier molecular flexibility index (Phi) is 4.99. The fourth-order valence-electron chi connectivity index (χ4n) is 3.42. The van der Waals surface area contributed by atoms with E-state index in [4.69, 9.17) is 0 Å². The smallest absolute Gasteiger partial charge is 0.272 e. The molecule has 0 aromatic heterocycles. The van der Waals surface area contributed by atoms with Crippen molar-refractivity contribution in [1.82, 2.24) is 4.90 Å². The zero-order valence-corrected chi connectivity index (χ0v) is 14.7. The molecule has 3 rings (SSSR count). The Morgan fingerprint density at radius 3 is 2.65 bits per heavy atom. The third-order valence-electron chi connectivity index (χ3n) is 4.71. The lowest BCUT2D eigenvalue weighted by atomic mass is 10.0. The summed E-state index contributed by atoms with van der Waals surface area (Å²) in [4.78, 5) is 26.8. The summed E-state index contributed by atoms with van der Waals surface area (Å²) in [5.41, 5.74) is 1.24. The molecule has 1 aliphatic rings. The van der Waals surface area contributed by atoms with Crippen molar-refractivity contribution in [2.75, 3.05) is 25.5 Å². The molecule has 1 atom stereocenters. The lowest BCUT2D eigenvalue weighted by molar-refractivity contribution is -0.385. The molecule has 1 amide bonds. The number of hydrogen-bond acceptors (Lipinski definition) is 4. The molecule has 26 heavy (non-hydrogen) atoms. The van der Waals surface area contributed by atoms with E-state index in [0.29, 0.717) is 6.54 Å². The van der Waals surface area contributed by atoms with Crippen LogP contribution in [0.5, 0.6) is 0 Å². The largest absolute Gasteiger partial charge is 0.308 e. The van der Waals surface area contributed by atoms with Gasteiger partial charge in [0.05, 0.1) is 16.6 Å². The summed E-state index contributed by atoms with van der Waals surface area (Å²) in [5.74, 6) is -1.36. The number of carbonyl (C=O) groups is 1. The van der Waals surface area contributed by atoms with Crippen molar-refractivity contribution in [3.05, 3.63) is 69.5 Å². The molecule has 1 aliphatic heterocycles. The van der Waals surface area contributed by atoms with Crippen LogP contribution in [0.25, 0.3) is 0 Å². The third kappa shape index (κ3) is 3.30. The number of rotatable bonds is 3. The van der Waals surface area contributed by atoms with Gasteiger partial charge in [-0.15, -0.1) is 0 Å². The number of non-ortho nitro benzene ring substituents is 1. The quantitative estimate of drug-likeness (QED) is 0.619. The van der Waals surface area contributed by atoms with Gasteiger partial charge in [0.1, 0.15) is 5.82 Å². The van der Waals surface area contributed by atoms with Crippen LogP contribution in [0.3, 0.4) is 0 Å². The molecule has 2 aromatic carbocycles. The van der Waals surface area contributed by atoms with E-state index in [0.717, 1.165) is 36.2 Å². The van der Waals surface area contributed by atoms with Gasteiger partial charge in [0.2, 0.25) is 0 Å². The molecule has 2 aromatic rings. The molecule has 0 spiro atoms. The third-order valence-corrected chi connectivity index (χ3v) is 4.71. The molecule has 0 radical (unpaired) electrons. The highest BCUT2D eigenvalue weighted by atomic mass is 19.1. The van der Waals surface area contributed by atoms with E-state index in [-0.39, 0.29) is 17.3 Å². The summed E-state index contributed by atoms with van der Waals surface area (Å²) in [6.45, 7) is 0.469. The van der Waals surface area contributed by atoms with Crippen LogP contribution in [0.2, 0.25) is 0 Å². The normalized spacial score (nSPS) is 16.9. The molecule has 0 saturated carbocycles. The van der Waals surface area contributed by atoms with Crippen LogP contribution in [0.1, 0.15) is 34.8 Å². The Bertz CT molecular complexity index is 854. The van der Waals surface area contributed by atoms with Gasteiger partial charge < -0.3 is 9.80 Å². The van der Waals surface area contributed by atoms with Crippen molar-refractivity contribution in [3.8, 4) is 0 Å². The van der Waals surface area contributed by atoms with Crippen molar-refractivity contribution in [3.63, 3.8) is 0 Å². The summed E-state index contributed by atoms with van der Waals surface area (Å²) in [6, 6.07) is 10.9. The number of halogens is 1. The summed E-state index contributed by atoms with van der Waals surface area (Å²) in [5, 5.41) is 10.8. The van der Waals surface area contributed by atoms with E-state index in [2.05, 4.69) is 4.90 Å². The first kappa shape index (κ1) is 18.0. The summed E-state index contributed by atoms with van der Waals surface area (Å²) in [6.07, 6.45) is 1.66. The summed E-state index contributed by atoms with van der Waals surface area (Å²) in [7, 11) is 3.99. The average Bonchev–Trinajstić information content (AvgIpc) is 2.80. The van der Waals surface area contributed by atoms with Crippen LogP contribution >= 0.6 is 0 Å². The Balaban J connectivity index is 2.01. The number of fused-ring (bicyclic) bond motifs is 1. The maximum atomic E-state index is 14.3. The van der Waals surface area contributed by atoms with Crippen molar-refractivity contribution < 1.29 is 14.1 Å². The van der Waals surface area contributed by atoms with Gasteiger partial charge in [0.25, 0.3) is 11.6 Å². The topological polar surface area (TPSA) is 66.7 Å². The lowest BCUT2D eigenvalue weighted by Gasteiger charge is -2.27. The average molecular weight is 357 g/mol. The number of para-hydroxylation sites is 1. The Morgan fingerprint density at radius 2 is 2.00 bits per heavy atom. The fraction of sp³-hybridized carbons (Fsp3) is 0.316. The van der Waals surface area contributed by atoms with Gasteiger partial charge in [-0.2, -0.15) is 0 Å². The molecule has 1 unspecified atom stereocenters. The highest BCUT2D eigenvalue weighted by Gasteiger charge is 2.29. The molecule has 7 heteroatoms. The van der Waals surface area contributed by atoms with Crippen LogP contribution in [-0.2, 0) is 0 Å². The van der Waals surface area contributed by atoms with Gasteiger partial charge in [-0.05, 0) is 44.6 Å². The predicted molar refractivity (Wildman–Crippen MR) is 96.8 cm³/mol. The van der Waals surface area contributed by atoms with Crippen molar-refractivity contribution >= 4 is 17.3 Å². The minimum atomic E-state index is -0.880. The van der Waals surface area contributed by atoms with E-state index < -0.39 is 16.6 Å². The Labute approximate surface area is 151 Å². The van der Waals surface area contributed by atoms with E-state index >= 15 is 0 Å². The maximum Gasteiger partial charge on any atom is 0.272 e. The van der Waals surface area contributed by atoms with Crippen LogP contribution < -0.4 is 4.90 Å². The van der Waals surface area contributed by atoms with E-state index in [1.165, 1.54) is 6.07 Å². The number of hydrogen-bond donors (Lipinski definition) is 0. The van der Waals surface area contributed by atoms with E-state index in [1.807, 2.05) is 38.4 Å². The molecule has 0 fully saturated rings. The SMILES string of the molecule is CN(C)C1CCCN(C(=O)c2ccc([N+](=O)[O-])cc2F)c2ccccc21. The van der Waals surface area contributed by atoms with E-state index in [9.17, 15) is 19.3 Å². The number of nitro benzene ring substituents is 1. The molecule has 1 heterocycles. The number of amides is 1. The second-order valence-electron chi connectivity index (χ2n) is 6.56. The Hall–Kier alpha value is -2.80. The summed E-state index contributed by atoms with van der Waals surface area (Å²) >= 11 is 0. The van der Waals surface area contributed by atoms with Crippen LogP contribution in [0, 0.1) is 15.9 Å². The molecular formula is C19H20FN3O3. The van der Waals surface area contributed by atoms with E-state index in [1.54, 1.807) is 4.90 Å². The number of benzene rings is 2. The van der Waals surface area contributed by atoms with Gasteiger partial charge in [-0.25, -0.2) is 4.39 Å². The predicted octanol–water partition coefficient (Wildman–Crippen LogP) is 3.78. The lowest BCUT2D eigenvalue weighted by Crippen LogP contribution is -2.32. The maximum absolute atomic E-state index is 14.3. The van der Waals surface area contributed by atoms with Crippen molar-refractivity contribution in [2.24, 2.45) is 0 Å². The van der Waals surface area contributed by atoms with Gasteiger partial charge in [-0.1, -0.05) is 18.2 Å². The highest BCUT2D eigenvalue weighted by molar-refractivity contribution is 6.07. The molecule has 0 bridgehead atoms. The standard InChI is InChI=1S/C19H20FN3O3/c1-21(2)17-8-5-11-22(18-7-4-3-6-15(17)18)19(24)14-10-9-13(23(25)26)12-16(14)20/h3-4,6-7,9-10,12,17H,5,8,11H2,1-2H3. The van der Waals surface area contributed by atoms with Crippen LogP contribution in [-0.4, -0.2) is 36.4 Å². The van der Waals surface area contributed by atoms with Gasteiger partial charge >= 0.3 is 0 Å². The van der Waals surface area contributed by atoms with Crippen LogP contribution in [0.4, 0.5) is 15.8 Å².